The van der Waals surface area contributed by atoms with E-state index in [1.165, 1.54) is 19.3 Å². The van der Waals surface area contributed by atoms with Gasteiger partial charge in [0.25, 0.3) is 11.8 Å². The quantitative estimate of drug-likeness (QED) is 0.708. The molecule has 0 radical (unpaired) electrons. The first kappa shape index (κ1) is 19.4. The SMILES string of the molecule is O=C1CCC(N2C(=O)c3cccc(CN4CCNCC4C4CCC4)c3C2=O)C(=O)N1. The van der Waals surface area contributed by atoms with Gasteiger partial charge in [-0.1, -0.05) is 18.6 Å². The van der Waals surface area contributed by atoms with E-state index in [9.17, 15) is 19.2 Å². The molecule has 0 bridgehead atoms. The third-order valence-electron chi connectivity index (χ3n) is 7.02. The van der Waals surface area contributed by atoms with Crippen LogP contribution in [0, 0.1) is 5.92 Å². The van der Waals surface area contributed by atoms with Crippen molar-refractivity contribution >= 4 is 23.6 Å². The van der Waals surface area contributed by atoms with E-state index >= 15 is 0 Å². The molecule has 2 atom stereocenters. The minimum Gasteiger partial charge on any atom is -0.314 e. The monoisotopic (exact) mass is 410 g/mol. The van der Waals surface area contributed by atoms with Crippen LogP contribution in [0.15, 0.2) is 18.2 Å². The van der Waals surface area contributed by atoms with Crippen molar-refractivity contribution in [3.05, 3.63) is 34.9 Å². The Morgan fingerprint density at radius 2 is 1.87 bits per heavy atom. The molecule has 4 amide bonds. The first-order chi connectivity index (χ1) is 14.5. The second-order valence-electron chi connectivity index (χ2n) is 8.72. The minimum atomic E-state index is -0.926. The van der Waals surface area contributed by atoms with Crippen LogP contribution in [0.5, 0.6) is 0 Å². The van der Waals surface area contributed by atoms with Gasteiger partial charge in [-0.15, -0.1) is 0 Å². The smallest absolute Gasteiger partial charge is 0.262 e. The molecule has 1 saturated carbocycles. The zero-order valence-electron chi connectivity index (χ0n) is 16.9. The molecule has 158 valence electrons. The molecule has 1 aliphatic carbocycles. The van der Waals surface area contributed by atoms with Crippen molar-refractivity contribution in [1.82, 2.24) is 20.4 Å². The number of carbonyl (C=O) groups is 4. The molecule has 0 spiro atoms. The maximum Gasteiger partial charge on any atom is 0.262 e. The molecule has 30 heavy (non-hydrogen) atoms. The van der Waals surface area contributed by atoms with E-state index in [-0.39, 0.29) is 18.7 Å². The topological polar surface area (TPSA) is 98.8 Å². The Morgan fingerprint density at radius 3 is 2.60 bits per heavy atom. The van der Waals surface area contributed by atoms with E-state index in [4.69, 9.17) is 0 Å². The van der Waals surface area contributed by atoms with Gasteiger partial charge in [-0.25, -0.2) is 0 Å². The van der Waals surface area contributed by atoms with Crippen LogP contribution in [0.25, 0.3) is 0 Å². The molecule has 8 nitrogen and oxygen atoms in total. The third kappa shape index (κ3) is 3.15. The number of nitrogens with zero attached hydrogens (tertiary/aromatic N) is 2. The number of amides is 4. The van der Waals surface area contributed by atoms with Crippen LogP contribution in [0.1, 0.15) is 58.4 Å². The number of benzene rings is 1. The molecule has 0 aromatic heterocycles. The molecule has 1 aromatic rings. The van der Waals surface area contributed by atoms with E-state index in [0.29, 0.717) is 29.6 Å². The van der Waals surface area contributed by atoms with Crippen LogP contribution < -0.4 is 10.6 Å². The van der Waals surface area contributed by atoms with Crippen molar-refractivity contribution in [3.8, 4) is 0 Å². The normalized spacial score (nSPS) is 27.8. The van der Waals surface area contributed by atoms with E-state index < -0.39 is 23.8 Å². The summed E-state index contributed by atoms with van der Waals surface area (Å²) in [6.07, 6.45) is 4.07. The maximum atomic E-state index is 13.3. The molecular formula is C22H26N4O4. The van der Waals surface area contributed by atoms with Gasteiger partial charge >= 0.3 is 0 Å². The molecular weight excluding hydrogens is 384 g/mol. The predicted molar refractivity (Wildman–Crippen MR) is 108 cm³/mol. The molecule has 2 N–H and O–H groups in total. The zero-order chi connectivity index (χ0) is 20.8. The van der Waals surface area contributed by atoms with E-state index in [2.05, 4.69) is 15.5 Å². The zero-order valence-corrected chi connectivity index (χ0v) is 16.9. The van der Waals surface area contributed by atoms with Crippen molar-refractivity contribution in [3.63, 3.8) is 0 Å². The van der Waals surface area contributed by atoms with E-state index in [1.807, 2.05) is 12.1 Å². The van der Waals surface area contributed by atoms with Gasteiger partial charge in [-0.3, -0.25) is 34.3 Å². The molecule has 4 aliphatic rings. The first-order valence-electron chi connectivity index (χ1n) is 10.8. The fourth-order valence-electron chi connectivity index (χ4n) is 5.19. The van der Waals surface area contributed by atoms with Crippen molar-refractivity contribution < 1.29 is 19.2 Å². The number of nitrogens with one attached hydrogen (secondary N) is 2. The summed E-state index contributed by atoms with van der Waals surface area (Å²) >= 11 is 0. The Labute approximate surface area is 175 Å². The fourth-order valence-corrected chi connectivity index (χ4v) is 5.19. The van der Waals surface area contributed by atoms with Crippen molar-refractivity contribution in [2.45, 2.75) is 50.7 Å². The fraction of sp³-hybridized carbons (Fsp3) is 0.545. The van der Waals surface area contributed by atoms with Crippen LogP contribution in [-0.2, 0) is 16.1 Å². The summed E-state index contributed by atoms with van der Waals surface area (Å²) in [5.41, 5.74) is 1.61. The second kappa shape index (κ2) is 7.59. The van der Waals surface area contributed by atoms with Crippen LogP contribution in [0.2, 0.25) is 0 Å². The molecule has 3 aliphatic heterocycles. The Morgan fingerprint density at radius 1 is 1.03 bits per heavy atom. The summed E-state index contributed by atoms with van der Waals surface area (Å²) in [5.74, 6) is -1.12. The Balaban J connectivity index is 1.42. The molecule has 2 saturated heterocycles. The van der Waals surface area contributed by atoms with Crippen LogP contribution >= 0.6 is 0 Å². The average molecular weight is 410 g/mol. The van der Waals surface area contributed by atoms with Gasteiger partial charge in [0.05, 0.1) is 11.1 Å². The minimum absolute atomic E-state index is 0.126. The lowest BCUT2D eigenvalue weighted by atomic mass is 9.78. The van der Waals surface area contributed by atoms with Crippen molar-refractivity contribution in [2.75, 3.05) is 19.6 Å². The number of carbonyl (C=O) groups excluding carboxylic acids is 4. The summed E-state index contributed by atoms with van der Waals surface area (Å²) in [6, 6.07) is 4.91. The van der Waals surface area contributed by atoms with Crippen LogP contribution in [0.3, 0.4) is 0 Å². The van der Waals surface area contributed by atoms with Gasteiger partial charge in [0.2, 0.25) is 11.8 Å². The highest BCUT2D eigenvalue weighted by molar-refractivity contribution is 6.24. The summed E-state index contributed by atoms with van der Waals surface area (Å²) in [5, 5.41) is 5.73. The Bertz CT molecular complexity index is 926. The lowest BCUT2D eigenvalue weighted by molar-refractivity contribution is -0.136. The summed E-state index contributed by atoms with van der Waals surface area (Å²) in [7, 11) is 0. The summed E-state index contributed by atoms with van der Waals surface area (Å²) < 4.78 is 0. The average Bonchev–Trinajstić information content (AvgIpc) is 2.94. The highest BCUT2D eigenvalue weighted by Gasteiger charge is 2.45. The van der Waals surface area contributed by atoms with Gasteiger partial charge < -0.3 is 5.32 Å². The van der Waals surface area contributed by atoms with Gasteiger partial charge in [-0.05, 0) is 36.8 Å². The lowest BCUT2D eigenvalue weighted by Gasteiger charge is -2.44. The van der Waals surface area contributed by atoms with E-state index in [1.54, 1.807) is 6.07 Å². The van der Waals surface area contributed by atoms with Crippen molar-refractivity contribution in [1.29, 1.82) is 0 Å². The number of fused-ring (bicyclic) bond motifs is 1. The number of piperidine rings is 1. The molecule has 2 unspecified atom stereocenters. The molecule has 1 aromatic carbocycles. The maximum absolute atomic E-state index is 13.3. The largest absolute Gasteiger partial charge is 0.314 e. The number of rotatable bonds is 4. The first-order valence-corrected chi connectivity index (χ1v) is 10.8. The Hall–Kier alpha value is -2.58. The number of hydrogen-bond donors (Lipinski definition) is 2. The number of piperazine rings is 1. The molecule has 3 heterocycles. The van der Waals surface area contributed by atoms with Crippen molar-refractivity contribution in [2.24, 2.45) is 5.92 Å². The van der Waals surface area contributed by atoms with Gasteiger partial charge in [0.15, 0.2) is 0 Å². The second-order valence-corrected chi connectivity index (χ2v) is 8.72. The lowest BCUT2D eigenvalue weighted by Crippen LogP contribution is -2.55. The number of hydrogen-bond acceptors (Lipinski definition) is 6. The number of imide groups is 2. The van der Waals surface area contributed by atoms with Gasteiger partial charge in [0, 0.05) is 38.6 Å². The molecule has 8 heteroatoms. The van der Waals surface area contributed by atoms with E-state index in [0.717, 1.165) is 30.1 Å². The Kier molecular flexibility index (Phi) is 4.91. The summed E-state index contributed by atoms with van der Waals surface area (Å²) in [4.78, 5) is 53.6. The summed E-state index contributed by atoms with van der Waals surface area (Å²) in [6.45, 7) is 3.39. The highest BCUT2D eigenvalue weighted by Crippen LogP contribution is 2.35. The van der Waals surface area contributed by atoms with Crippen LogP contribution in [-0.4, -0.2) is 65.1 Å². The molecule has 3 fully saturated rings. The molecule has 5 rings (SSSR count). The predicted octanol–water partition coefficient (Wildman–Crippen LogP) is 0.662. The van der Waals surface area contributed by atoms with Gasteiger partial charge in [0.1, 0.15) is 6.04 Å². The third-order valence-corrected chi connectivity index (χ3v) is 7.02. The highest BCUT2D eigenvalue weighted by atomic mass is 16.2. The standard InChI is InChI=1S/C22H26N4O4/c27-18-8-7-16(20(28)24-18)26-21(29)15-6-2-5-14(19(15)22(26)30)12-25-10-9-23-11-17(25)13-3-1-4-13/h2,5-6,13,16-17,23H,1,3-4,7-12H2,(H,24,27,28). The van der Waals surface area contributed by atoms with Gasteiger partial charge in [-0.2, -0.15) is 0 Å². The van der Waals surface area contributed by atoms with Crippen LogP contribution in [0.4, 0.5) is 0 Å².